The maximum Gasteiger partial charge on any atom is 0.275 e. The highest BCUT2D eigenvalue weighted by Crippen LogP contribution is 2.26. The standard InChI is InChI=1S/C12H9Cl3N4O/c13-6-1-3-9(8(15)5-6)17-12(20)11-7(14)2-4-10(18-11)19-16/h1-5H,16H2,(H,17,20)(H,18,19). The Labute approximate surface area is 130 Å². The lowest BCUT2D eigenvalue weighted by molar-refractivity contribution is 0.102. The van der Waals surface area contributed by atoms with Crippen LogP contribution in [0.25, 0.3) is 0 Å². The molecule has 8 heteroatoms. The molecule has 0 spiro atoms. The van der Waals surface area contributed by atoms with Gasteiger partial charge in [-0.15, -0.1) is 0 Å². The molecular weight excluding hydrogens is 323 g/mol. The second-order valence-electron chi connectivity index (χ2n) is 3.75. The van der Waals surface area contributed by atoms with Crippen molar-refractivity contribution < 1.29 is 4.79 Å². The van der Waals surface area contributed by atoms with Gasteiger partial charge in [-0.1, -0.05) is 34.8 Å². The first kappa shape index (κ1) is 14.9. The maximum absolute atomic E-state index is 12.1. The van der Waals surface area contributed by atoms with Crippen LogP contribution in [0.5, 0.6) is 0 Å². The monoisotopic (exact) mass is 330 g/mol. The molecule has 104 valence electrons. The van der Waals surface area contributed by atoms with Crippen molar-refractivity contribution in [2.75, 3.05) is 10.7 Å². The van der Waals surface area contributed by atoms with Gasteiger partial charge in [0.1, 0.15) is 11.5 Å². The molecule has 0 unspecified atom stereocenters. The smallest absolute Gasteiger partial charge is 0.275 e. The van der Waals surface area contributed by atoms with Gasteiger partial charge in [0.15, 0.2) is 0 Å². The first-order valence-electron chi connectivity index (χ1n) is 5.41. The number of nitrogen functional groups attached to an aromatic ring is 1. The first-order chi connectivity index (χ1) is 9.51. The van der Waals surface area contributed by atoms with Gasteiger partial charge in [0.25, 0.3) is 5.91 Å². The topological polar surface area (TPSA) is 80.0 Å². The van der Waals surface area contributed by atoms with Crippen LogP contribution in [0.15, 0.2) is 30.3 Å². The zero-order chi connectivity index (χ0) is 14.7. The van der Waals surface area contributed by atoms with Gasteiger partial charge in [0, 0.05) is 5.02 Å². The van der Waals surface area contributed by atoms with Gasteiger partial charge >= 0.3 is 0 Å². The van der Waals surface area contributed by atoms with Crippen LogP contribution >= 0.6 is 34.8 Å². The first-order valence-corrected chi connectivity index (χ1v) is 6.54. The Kier molecular flexibility index (Phi) is 4.67. The molecule has 0 saturated carbocycles. The number of halogens is 3. The van der Waals surface area contributed by atoms with Crippen LogP contribution in [0.2, 0.25) is 15.1 Å². The highest BCUT2D eigenvalue weighted by molar-refractivity contribution is 6.37. The van der Waals surface area contributed by atoms with Crippen LogP contribution in [0.1, 0.15) is 10.5 Å². The summed E-state index contributed by atoms with van der Waals surface area (Å²) >= 11 is 17.7. The van der Waals surface area contributed by atoms with E-state index in [1.54, 1.807) is 18.2 Å². The number of aromatic nitrogens is 1. The summed E-state index contributed by atoms with van der Waals surface area (Å²) in [5.41, 5.74) is 2.78. The van der Waals surface area contributed by atoms with Crippen LogP contribution in [0, 0.1) is 0 Å². The Morgan fingerprint density at radius 2 is 1.85 bits per heavy atom. The molecule has 0 fully saturated rings. The summed E-state index contributed by atoms with van der Waals surface area (Å²) in [6.07, 6.45) is 0. The molecule has 1 amide bonds. The molecule has 0 saturated heterocycles. The summed E-state index contributed by atoms with van der Waals surface area (Å²) in [7, 11) is 0. The molecule has 1 aromatic heterocycles. The highest BCUT2D eigenvalue weighted by Gasteiger charge is 2.14. The summed E-state index contributed by atoms with van der Waals surface area (Å²) in [5.74, 6) is 5.06. The average Bonchev–Trinajstić information content (AvgIpc) is 2.42. The third-order valence-electron chi connectivity index (χ3n) is 2.39. The number of nitrogens with zero attached hydrogens (tertiary/aromatic N) is 1. The molecule has 0 radical (unpaired) electrons. The lowest BCUT2D eigenvalue weighted by Gasteiger charge is -2.09. The van der Waals surface area contributed by atoms with Crippen LogP contribution in [0.3, 0.4) is 0 Å². The molecule has 20 heavy (non-hydrogen) atoms. The lowest BCUT2D eigenvalue weighted by atomic mass is 10.3. The average molecular weight is 332 g/mol. The fraction of sp³-hybridized carbons (Fsp3) is 0. The fourth-order valence-corrected chi connectivity index (χ4v) is 2.10. The number of hydrogen-bond donors (Lipinski definition) is 3. The van der Waals surface area contributed by atoms with E-state index in [-0.39, 0.29) is 10.7 Å². The minimum Gasteiger partial charge on any atom is -0.319 e. The molecule has 1 aromatic carbocycles. The van der Waals surface area contributed by atoms with Gasteiger partial charge < -0.3 is 10.7 Å². The van der Waals surface area contributed by atoms with E-state index in [1.165, 1.54) is 12.1 Å². The number of nitrogens with two attached hydrogens (primary N) is 1. The molecule has 2 rings (SSSR count). The second kappa shape index (κ2) is 6.28. The van der Waals surface area contributed by atoms with Crippen LogP contribution in [-0.2, 0) is 0 Å². The predicted molar refractivity (Wildman–Crippen MR) is 81.5 cm³/mol. The summed E-state index contributed by atoms with van der Waals surface area (Å²) in [4.78, 5) is 16.1. The molecule has 2 aromatic rings. The molecule has 0 atom stereocenters. The van der Waals surface area contributed by atoms with Crippen LogP contribution < -0.4 is 16.6 Å². The number of anilines is 2. The molecule has 4 N–H and O–H groups in total. The Balaban J connectivity index is 2.28. The van der Waals surface area contributed by atoms with Crippen LogP contribution in [0.4, 0.5) is 11.5 Å². The summed E-state index contributed by atoms with van der Waals surface area (Å²) in [5, 5.41) is 3.59. The number of benzene rings is 1. The number of carbonyl (C=O) groups excluding carboxylic acids is 1. The third-order valence-corrected chi connectivity index (χ3v) is 3.24. The number of pyridine rings is 1. The molecule has 0 aliphatic rings. The van der Waals surface area contributed by atoms with Crippen molar-refractivity contribution in [3.63, 3.8) is 0 Å². The zero-order valence-corrected chi connectivity index (χ0v) is 12.2. The minimum atomic E-state index is -0.503. The Morgan fingerprint density at radius 1 is 1.10 bits per heavy atom. The van der Waals surface area contributed by atoms with Crippen molar-refractivity contribution in [1.29, 1.82) is 0 Å². The number of hydrogen-bond acceptors (Lipinski definition) is 4. The number of amides is 1. The number of carbonyl (C=O) groups is 1. The number of rotatable bonds is 3. The fourth-order valence-electron chi connectivity index (χ4n) is 1.45. The van der Waals surface area contributed by atoms with E-state index in [1.807, 2.05) is 0 Å². The van der Waals surface area contributed by atoms with Gasteiger partial charge in [0.2, 0.25) is 0 Å². The molecule has 0 bridgehead atoms. The van der Waals surface area contributed by atoms with Crippen molar-refractivity contribution in [2.24, 2.45) is 5.84 Å². The van der Waals surface area contributed by atoms with Gasteiger partial charge in [0.05, 0.1) is 15.7 Å². The van der Waals surface area contributed by atoms with Gasteiger partial charge in [-0.25, -0.2) is 10.8 Å². The van der Waals surface area contributed by atoms with Gasteiger partial charge in [-0.3, -0.25) is 4.79 Å². The Hall–Kier alpha value is -1.53. The molecule has 5 nitrogen and oxygen atoms in total. The van der Waals surface area contributed by atoms with E-state index >= 15 is 0 Å². The largest absolute Gasteiger partial charge is 0.319 e. The van der Waals surface area contributed by atoms with Crippen molar-refractivity contribution in [3.8, 4) is 0 Å². The summed E-state index contributed by atoms with van der Waals surface area (Å²) in [6, 6.07) is 7.78. The normalized spacial score (nSPS) is 10.2. The van der Waals surface area contributed by atoms with Crippen molar-refractivity contribution >= 4 is 52.2 Å². The molecule has 1 heterocycles. The SMILES string of the molecule is NNc1ccc(Cl)c(C(=O)Nc2ccc(Cl)cc2Cl)n1. The number of nitrogens with one attached hydrogen (secondary N) is 2. The van der Waals surface area contributed by atoms with E-state index in [2.05, 4.69) is 15.7 Å². The maximum atomic E-state index is 12.1. The van der Waals surface area contributed by atoms with E-state index < -0.39 is 5.91 Å². The molecular formula is C12H9Cl3N4O. The summed E-state index contributed by atoms with van der Waals surface area (Å²) < 4.78 is 0. The lowest BCUT2D eigenvalue weighted by Crippen LogP contribution is -2.17. The van der Waals surface area contributed by atoms with E-state index in [0.29, 0.717) is 21.6 Å². The summed E-state index contributed by atoms with van der Waals surface area (Å²) in [6.45, 7) is 0. The Morgan fingerprint density at radius 3 is 2.50 bits per heavy atom. The predicted octanol–water partition coefficient (Wildman–Crippen LogP) is 3.58. The molecule has 0 aliphatic carbocycles. The zero-order valence-electron chi connectivity index (χ0n) is 9.95. The van der Waals surface area contributed by atoms with E-state index in [4.69, 9.17) is 40.6 Å². The van der Waals surface area contributed by atoms with Crippen molar-refractivity contribution in [3.05, 3.63) is 51.1 Å². The highest BCUT2D eigenvalue weighted by atomic mass is 35.5. The van der Waals surface area contributed by atoms with Crippen molar-refractivity contribution in [2.45, 2.75) is 0 Å². The quantitative estimate of drug-likeness (QED) is 0.593. The van der Waals surface area contributed by atoms with Crippen LogP contribution in [-0.4, -0.2) is 10.9 Å². The Bertz CT molecular complexity index is 663. The van der Waals surface area contributed by atoms with Crippen molar-refractivity contribution in [1.82, 2.24) is 4.98 Å². The number of hydrazine groups is 1. The minimum absolute atomic E-state index is 0.0353. The van der Waals surface area contributed by atoms with Gasteiger partial charge in [-0.05, 0) is 30.3 Å². The van der Waals surface area contributed by atoms with E-state index in [9.17, 15) is 4.79 Å². The second-order valence-corrected chi connectivity index (χ2v) is 5.00. The van der Waals surface area contributed by atoms with E-state index in [0.717, 1.165) is 0 Å². The molecule has 0 aliphatic heterocycles. The third kappa shape index (κ3) is 3.32. The van der Waals surface area contributed by atoms with Gasteiger partial charge in [-0.2, -0.15) is 0 Å².